The van der Waals surface area contributed by atoms with Gasteiger partial charge in [-0.15, -0.1) is 0 Å². The van der Waals surface area contributed by atoms with E-state index in [0.29, 0.717) is 0 Å². The van der Waals surface area contributed by atoms with Crippen molar-refractivity contribution in [1.82, 2.24) is 4.98 Å². The number of nitrogens with one attached hydrogen (secondary N) is 1. The van der Waals surface area contributed by atoms with Gasteiger partial charge in [-0.2, -0.15) is 0 Å². The zero-order valence-corrected chi connectivity index (χ0v) is 12.8. The van der Waals surface area contributed by atoms with Crippen LogP contribution in [0.2, 0.25) is 0 Å². The van der Waals surface area contributed by atoms with Crippen LogP contribution in [-0.2, 0) is 0 Å². The molecule has 2 heterocycles. The highest BCUT2D eigenvalue weighted by Gasteiger charge is 2.36. The molecule has 1 fully saturated rings. The first-order valence-corrected chi connectivity index (χ1v) is 8.67. The van der Waals surface area contributed by atoms with Crippen molar-refractivity contribution >= 4 is 33.5 Å². The van der Waals surface area contributed by atoms with Crippen LogP contribution in [0.1, 0.15) is 32.1 Å². The lowest BCUT2D eigenvalue weighted by atomic mass is 9.84. The predicted octanol–water partition coefficient (Wildman–Crippen LogP) is 4.45. The van der Waals surface area contributed by atoms with E-state index in [2.05, 4.69) is 22.4 Å². The standard InChI is InChI=1S/C17H19N3S/c1-2-9-17(10-3-1)12-21-16(20-17)19-15-8-4-7-14-13(15)6-5-11-18-14/h4-8,11H,1-3,9-10,12H2,(H,19,20). The minimum Gasteiger partial charge on any atom is -0.334 e. The van der Waals surface area contributed by atoms with Crippen molar-refractivity contribution in [2.75, 3.05) is 11.1 Å². The average molecular weight is 297 g/mol. The van der Waals surface area contributed by atoms with Gasteiger partial charge in [-0.1, -0.05) is 37.1 Å². The Hall–Kier alpha value is -1.55. The van der Waals surface area contributed by atoms with Gasteiger partial charge in [-0.3, -0.25) is 9.98 Å². The van der Waals surface area contributed by atoms with Crippen molar-refractivity contribution in [3.63, 3.8) is 0 Å². The molecule has 3 nitrogen and oxygen atoms in total. The summed E-state index contributed by atoms with van der Waals surface area (Å²) in [5.74, 6) is 1.14. The lowest BCUT2D eigenvalue weighted by molar-refractivity contribution is 0.335. The van der Waals surface area contributed by atoms with E-state index in [-0.39, 0.29) is 5.54 Å². The van der Waals surface area contributed by atoms with Crippen molar-refractivity contribution < 1.29 is 0 Å². The summed E-state index contributed by atoms with van der Waals surface area (Å²) in [5, 5.41) is 5.77. The second-order valence-corrected chi connectivity index (χ2v) is 6.96. The molecule has 1 N–H and O–H groups in total. The summed E-state index contributed by atoms with van der Waals surface area (Å²) in [6.07, 6.45) is 8.38. The number of hydrogen-bond acceptors (Lipinski definition) is 4. The number of aromatic nitrogens is 1. The van der Waals surface area contributed by atoms with Crippen LogP contribution in [0.4, 0.5) is 5.69 Å². The van der Waals surface area contributed by atoms with Crippen molar-refractivity contribution in [3.8, 4) is 0 Å². The highest BCUT2D eigenvalue weighted by Crippen LogP contribution is 2.40. The fourth-order valence-corrected chi connectivity index (χ4v) is 4.54. The third kappa shape index (κ3) is 2.53. The van der Waals surface area contributed by atoms with E-state index >= 15 is 0 Å². The van der Waals surface area contributed by atoms with Gasteiger partial charge in [0.05, 0.1) is 11.1 Å². The molecule has 1 spiro atoms. The molecule has 4 heteroatoms. The number of aliphatic imine (C=N–C) groups is 1. The zero-order valence-electron chi connectivity index (χ0n) is 12.0. The van der Waals surface area contributed by atoms with Crippen molar-refractivity contribution in [2.24, 2.45) is 4.99 Å². The number of hydrogen-bond donors (Lipinski definition) is 1. The molecule has 1 aromatic heterocycles. The van der Waals surface area contributed by atoms with Gasteiger partial charge in [0.2, 0.25) is 0 Å². The molecule has 1 aromatic carbocycles. The molecule has 1 saturated carbocycles. The Kier molecular flexibility index (Phi) is 3.34. The van der Waals surface area contributed by atoms with E-state index in [9.17, 15) is 0 Å². The highest BCUT2D eigenvalue weighted by atomic mass is 32.2. The second-order valence-electron chi connectivity index (χ2n) is 5.99. The Balaban J connectivity index is 1.62. The lowest BCUT2D eigenvalue weighted by Gasteiger charge is -2.29. The van der Waals surface area contributed by atoms with Gasteiger partial charge in [-0.25, -0.2) is 0 Å². The van der Waals surface area contributed by atoms with Gasteiger partial charge in [0.15, 0.2) is 5.17 Å². The maximum atomic E-state index is 5.03. The van der Waals surface area contributed by atoms with E-state index in [1.165, 1.54) is 32.1 Å². The topological polar surface area (TPSA) is 37.3 Å². The summed E-state index contributed by atoms with van der Waals surface area (Å²) < 4.78 is 0. The smallest absolute Gasteiger partial charge is 0.161 e. The molecule has 1 aliphatic heterocycles. The molecular formula is C17H19N3S. The third-order valence-corrected chi connectivity index (χ3v) is 5.64. The number of benzene rings is 1. The molecule has 0 bridgehead atoms. The van der Waals surface area contributed by atoms with Crippen LogP contribution in [0.15, 0.2) is 41.5 Å². The van der Waals surface area contributed by atoms with E-state index in [4.69, 9.17) is 4.99 Å². The number of fused-ring (bicyclic) bond motifs is 1. The zero-order chi connectivity index (χ0) is 14.1. The van der Waals surface area contributed by atoms with E-state index < -0.39 is 0 Å². The Morgan fingerprint density at radius 2 is 1.95 bits per heavy atom. The molecule has 4 rings (SSSR count). The van der Waals surface area contributed by atoms with Crippen LogP contribution in [0.5, 0.6) is 0 Å². The fraction of sp³-hybridized carbons (Fsp3) is 0.412. The molecule has 2 aliphatic rings. The minimum atomic E-state index is 0.216. The van der Waals surface area contributed by atoms with Crippen LogP contribution in [-0.4, -0.2) is 21.4 Å². The van der Waals surface area contributed by atoms with Gasteiger partial charge < -0.3 is 5.32 Å². The maximum absolute atomic E-state index is 5.03. The van der Waals surface area contributed by atoms with Crippen molar-refractivity contribution in [3.05, 3.63) is 36.5 Å². The maximum Gasteiger partial charge on any atom is 0.161 e. The van der Waals surface area contributed by atoms with E-state index in [0.717, 1.165) is 27.5 Å². The summed E-state index contributed by atoms with van der Waals surface area (Å²) in [7, 11) is 0. The Morgan fingerprint density at radius 1 is 1.05 bits per heavy atom. The number of amidine groups is 1. The number of anilines is 1. The minimum absolute atomic E-state index is 0.216. The van der Waals surface area contributed by atoms with Gasteiger partial charge in [0.1, 0.15) is 0 Å². The highest BCUT2D eigenvalue weighted by molar-refractivity contribution is 8.14. The molecule has 108 valence electrons. The summed E-state index contributed by atoms with van der Waals surface area (Å²) in [6.45, 7) is 0. The molecule has 0 unspecified atom stereocenters. The first-order chi connectivity index (χ1) is 10.3. The summed E-state index contributed by atoms with van der Waals surface area (Å²) in [4.78, 5) is 9.44. The predicted molar refractivity (Wildman–Crippen MR) is 91.1 cm³/mol. The molecule has 2 aromatic rings. The van der Waals surface area contributed by atoms with Crippen LogP contribution < -0.4 is 5.32 Å². The van der Waals surface area contributed by atoms with Crippen LogP contribution >= 0.6 is 11.8 Å². The SMILES string of the molecule is c1cc(NC2=NC3(CCCCC3)CS2)c2cccnc2c1. The van der Waals surface area contributed by atoms with E-state index in [1.54, 1.807) is 0 Å². The number of pyridine rings is 1. The molecular weight excluding hydrogens is 278 g/mol. The Bertz CT molecular complexity index is 684. The van der Waals surface area contributed by atoms with Crippen molar-refractivity contribution in [2.45, 2.75) is 37.6 Å². The third-order valence-electron chi connectivity index (χ3n) is 4.49. The lowest BCUT2D eigenvalue weighted by Crippen LogP contribution is -2.29. The normalized spacial score (nSPS) is 20.7. The number of thioether (sulfide) groups is 1. The summed E-state index contributed by atoms with van der Waals surface area (Å²) in [6, 6.07) is 10.3. The quantitative estimate of drug-likeness (QED) is 0.845. The van der Waals surface area contributed by atoms with Gasteiger partial charge >= 0.3 is 0 Å². The van der Waals surface area contributed by atoms with Crippen LogP contribution in [0.25, 0.3) is 10.9 Å². The van der Waals surface area contributed by atoms with E-state index in [1.807, 2.05) is 36.2 Å². The Morgan fingerprint density at radius 3 is 2.86 bits per heavy atom. The average Bonchev–Trinajstić information content (AvgIpc) is 2.91. The molecule has 0 amide bonds. The van der Waals surface area contributed by atoms with Gasteiger partial charge in [-0.05, 0) is 37.1 Å². The first kappa shape index (κ1) is 13.1. The molecule has 0 radical (unpaired) electrons. The first-order valence-electron chi connectivity index (χ1n) is 7.68. The second kappa shape index (κ2) is 5.34. The molecule has 21 heavy (non-hydrogen) atoms. The van der Waals surface area contributed by atoms with Crippen molar-refractivity contribution in [1.29, 1.82) is 0 Å². The molecule has 0 saturated heterocycles. The number of rotatable bonds is 1. The monoisotopic (exact) mass is 297 g/mol. The van der Waals surface area contributed by atoms with Gasteiger partial charge in [0.25, 0.3) is 0 Å². The summed E-state index contributed by atoms with van der Waals surface area (Å²) in [5.41, 5.74) is 2.35. The number of nitrogens with zero attached hydrogens (tertiary/aromatic N) is 2. The largest absolute Gasteiger partial charge is 0.334 e. The molecule has 1 aliphatic carbocycles. The fourth-order valence-electron chi connectivity index (χ4n) is 3.34. The van der Waals surface area contributed by atoms with Gasteiger partial charge in [0, 0.05) is 23.0 Å². The summed E-state index contributed by atoms with van der Waals surface area (Å²) >= 11 is 1.87. The molecule has 0 atom stereocenters. The van der Waals surface area contributed by atoms with Crippen LogP contribution in [0, 0.1) is 0 Å². The Labute approximate surface area is 129 Å². The van der Waals surface area contributed by atoms with Crippen LogP contribution in [0.3, 0.4) is 0 Å².